The summed E-state index contributed by atoms with van der Waals surface area (Å²) in [5.74, 6) is -0.907. The van der Waals surface area contributed by atoms with E-state index in [2.05, 4.69) is 5.32 Å². The Labute approximate surface area is 181 Å². The highest BCUT2D eigenvalue weighted by molar-refractivity contribution is 7.99. The molecule has 0 spiro atoms. The van der Waals surface area contributed by atoms with Gasteiger partial charge in [0.05, 0.1) is 21.9 Å². The van der Waals surface area contributed by atoms with E-state index in [4.69, 9.17) is 0 Å². The lowest BCUT2D eigenvalue weighted by Gasteiger charge is -2.13. The van der Waals surface area contributed by atoms with E-state index in [1.807, 2.05) is 6.07 Å². The van der Waals surface area contributed by atoms with E-state index in [-0.39, 0.29) is 28.9 Å². The van der Waals surface area contributed by atoms with Gasteiger partial charge in [-0.05, 0) is 42.5 Å². The molecule has 3 aromatic carbocycles. The molecule has 4 rings (SSSR count). The topological polar surface area (TPSA) is 110 Å². The lowest BCUT2D eigenvalue weighted by Crippen LogP contribution is -2.29. The Kier molecular flexibility index (Phi) is 5.50. The van der Waals surface area contributed by atoms with Gasteiger partial charge in [-0.25, -0.2) is 0 Å². The van der Waals surface area contributed by atoms with Gasteiger partial charge in [0.1, 0.15) is 0 Å². The molecule has 0 bridgehead atoms. The van der Waals surface area contributed by atoms with Gasteiger partial charge in [0.15, 0.2) is 0 Å². The number of anilines is 1. The summed E-state index contributed by atoms with van der Waals surface area (Å²) >= 11 is 1.30. The molecular weight excluding hydrogens is 418 g/mol. The quantitative estimate of drug-likeness (QED) is 0.270. The van der Waals surface area contributed by atoms with Gasteiger partial charge in [-0.2, -0.15) is 0 Å². The zero-order chi connectivity index (χ0) is 22.0. The molecule has 0 saturated heterocycles. The minimum Gasteiger partial charge on any atom is -0.322 e. The van der Waals surface area contributed by atoms with Crippen LogP contribution in [0.15, 0.2) is 77.7 Å². The summed E-state index contributed by atoms with van der Waals surface area (Å²) in [7, 11) is 0. The molecule has 3 aromatic rings. The Morgan fingerprint density at radius 2 is 1.58 bits per heavy atom. The SMILES string of the molecule is O=C(Nc1cccc(SCN2C(=O)c3ccccc3C2=O)c1)c1ccc([N+](=O)[O-])cc1. The molecule has 0 atom stereocenters. The molecule has 154 valence electrons. The molecule has 0 saturated carbocycles. The number of hydrogen-bond acceptors (Lipinski definition) is 6. The summed E-state index contributed by atoms with van der Waals surface area (Å²) < 4.78 is 0. The number of nitrogens with one attached hydrogen (secondary N) is 1. The fraction of sp³-hybridized carbons (Fsp3) is 0.0455. The van der Waals surface area contributed by atoms with Crippen LogP contribution in [0.25, 0.3) is 0 Å². The number of nitrogens with zero attached hydrogens (tertiary/aromatic N) is 2. The van der Waals surface area contributed by atoms with Gasteiger partial charge in [-0.15, -0.1) is 11.8 Å². The summed E-state index contributed by atoms with van der Waals surface area (Å²) in [6, 6.07) is 19.0. The number of imide groups is 1. The van der Waals surface area contributed by atoms with Crippen molar-refractivity contribution in [2.45, 2.75) is 4.90 Å². The second-order valence-electron chi connectivity index (χ2n) is 6.64. The van der Waals surface area contributed by atoms with Crippen molar-refractivity contribution in [3.05, 3.63) is 99.6 Å². The van der Waals surface area contributed by atoms with Crippen LogP contribution in [0.5, 0.6) is 0 Å². The number of fused-ring (bicyclic) bond motifs is 1. The second-order valence-corrected chi connectivity index (χ2v) is 7.66. The van der Waals surface area contributed by atoms with Crippen LogP contribution in [-0.2, 0) is 0 Å². The van der Waals surface area contributed by atoms with E-state index in [0.29, 0.717) is 16.8 Å². The minimum absolute atomic E-state index is 0.0943. The highest BCUT2D eigenvalue weighted by Gasteiger charge is 2.34. The van der Waals surface area contributed by atoms with Crippen molar-refractivity contribution in [2.24, 2.45) is 0 Å². The van der Waals surface area contributed by atoms with Gasteiger partial charge in [-0.3, -0.25) is 29.4 Å². The first-order valence-electron chi connectivity index (χ1n) is 9.18. The van der Waals surface area contributed by atoms with Crippen LogP contribution in [0.2, 0.25) is 0 Å². The van der Waals surface area contributed by atoms with Crippen LogP contribution >= 0.6 is 11.8 Å². The molecular formula is C22H15N3O5S. The zero-order valence-electron chi connectivity index (χ0n) is 16.0. The van der Waals surface area contributed by atoms with Gasteiger partial charge in [-0.1, -0.05) is 18.2 Å². The molecule has 1 N–H and O–H groups in total. The van der Waals surface area contributed by atoms with E-state index in [1.54, 1.807) is 42.5 Å². The van der Waals surface area contributed by atoms with Crippen molar-refractivity contribution in [3.63, 3.8) is 0 Å². The molecule has 0 aromatic heterocycles. The van der Waals surface area contributed by atoms with Crippen LogP contribution in [0.3, 0.4) is 0 Å². The third kappa shape index (κ3) is 4.17. The molecule has 31 heavy (non-hydrogen) atoms. The number of hydrogen-bond donors (Lipinski definition) is 1. The average molecular weight is 433 g/mol. The smallest absolute Gasteiger partial charge is 0.269 e. The molecule has 1 heterocycles. The first-order valence-corrected chi connectivity index (χ1v) is 10.2. The number of rotatable bonds is 6. The molecule has 3 amide bonds. The third-order valence-electron chi connectivity index (χ3n) is 4.67. The standard InChI is InChI=1S/C22H15N3O5S/c26-20(14-8-10-16(11-9-14)25(29)30)23-15-4-3-5-17(12-15)31-13-24-21(27)18-6-1-2-7-19(18)22(24)28/h1-12H,13H2,(H,23,26). The van der Waals surface area contributed by atoms with Gasteiger partial charge in [0, 0.05) is 28.3 Å². The molecule has 0 radical (unpaired) electrons. The fourth-order valence-corrected chi connectivity index (χ4v) is 3.99. The van der Waals surface area contributed by atoms with Crippen molar-refractivity contribution >= 4 is 40.9 Å². The van der Waals surface area contributed by atoms with Gasteiger partial charge in [0.2, 0.25) is 0 Å². The summed E-state index contributed by atoms with van der Waals surface area (Å²) in [5.41, 5.74) is 1.52. The average Bonchev–Trinajstić information content (AvgIpc) is 3.02. The fourth-order valence-electron chi connectivity index (χ4n) is 3.10. The molecule has 0 unspecified atom stereocenters. The largest absolute Gasteiger partial charge is 0.322 e. The van der Waals surface area contributed by atoms with Crippen LogP contribution in [0, 0.1) is 10.1 Å². The van der Waals surface area contributed by atoms with Crippen LogP contribution in [0.4, 0.5) is 11.4 Å². The highest BCUT2D eigenvalue weighted by Crippen LogP contribution is 2.28. The maximum atomic E-state index is 12.5. The molecule has 8 nitrogen and oxygen atoms in total. The number of nitro groups is 1. The maximum absolute atomic E-state index is 12.5. The van der Waals surface area contributed by atoms with Gasteiger partial charge < -0.3 is 5.32 Å². The minimum atomic E-state index is -0.531. The van der Waals surface area contributed by atoms with E-state index >= 15 is 0 Å². The Hall–Kier alpha value is -3.98. The van der Waals surface area contributed by atoms with Crippen LogP contribution < -0.4 is 5.32 Å². The summed E-state index contributed by atoms with van der Waals surface area (Å²) in [6.45, 7) is 0. The van der Waals surface area contributed by atoms with Crippen molar-refractivity contribution in [2.75, 3.05) is 11.2 Å². The number of nitro benzene ring substituents is 1. The first kappa shape index (κ1) is 20.3. The normalized spacial score (nSPS) is 12.6. The molecule has 0 aliphatic carbocycles. The Bertz CT molecular complexity index is 1170. The summed E-state index contributed by atoms with van der Waals surface area (Å²) in [6.07, 6.45) is 0. The number of thioether (sulfide) groups is 1. The van der Waals surface area contributed by atoms with E-state index in [9.17, 15) is 24.5 Å². The second kappa shape index (κ2) is 8.41. The van der Waals surface area contributed by atoms with Crippen LogP contribution in [-0.4, -0.2) is 33.4 Å². The van der Waals surface area contributed by atoms with Crippen LogP contribution in [0.1, 0.15) is 31.1 Å². The van der Waals surface area contributed by atoms with Crippen molar-refractivity contribution in [3.8, 4) is 0 Å². The van der Waals surface area contributed by atoms with E-state index < -0.39 is 10.8 Å². The Balaban J connectivity index is 1.41. The maximum Gasteiger partial charge on any atom is 0.269 e. The predicted octanol–water partition coefficient (Wildman–Crippen LogP) is 4.19. The van der Waals surface area contributed by atoms with E-state index in [0.717, 1.165) is 4.90 Å². The number of benzene rings is 3. The third-order valence-corrected chi connectivity index (χ3v) is 5.65. The van der Waals surface area contributed by atoms with E-state index in [1.165, 1.54) is 40.9 Å². The number of amides is 3. The summed E-state index contributed by atoms with van der Waals surface area (Å²) in [4.78, 5) is 49.5. The summed E-state index contributed by atoms with van der Waals surface area (Å²) in [5, 5.41) is 13.5. The molecule has 9 heteroatoms. The molecule has 0 fully saturated rings. The van der Waals surface area contributed by atoms with Crippen molar-refractivity contribution < 1.29 is 19.3 Å². The molecule has 1 aliphatic heterocycles. The van der Waals surface area contributed by atoms with Crippen molar-refractivity contribution in [1.82, 2.24) is 4.90 Å². The zero-order valence-corrected chi connectivity index (χ0v) is 16.8. The predicted molar refractivity (Wildman–Crippen MR) is 115 cm³/mol. The Morgan fingerprint density at radius 1 is 0.935 bits per heavy atom. The first-order chi connectivity index (χ1) is 14.9. The number of non-ortho nitro benzene ring substituents is 1. The number of carbonyl (C=O) groups excluding carboxylic acids is 3. The lowest BCUT2D eigenvalue weighted by atomic mass is 10.1. The monoisotopic (exact) mass is 433 g/mol. The highest BCUT2D eigenvalue weighted by atomic mass is 32.2. The molecule has 1 aliphatic rings. The number of carbonyl (C=O) groups is 3. The lowest BCUT2D eigenvalue weighted by molar-refractivity contribution is -0.384. The van der Waals surface area contributed by atoms with Gasteiger partial charge >= 0.3 is 0 Å². The van der Waals surface area contributed by atoms with Gasteiger partial charge in [0.25, 0.3) is 23.4 Å². The Morgan fingerprint density at radius 3 is 2.19 bits per heavy atom. The van der Waals surface area contributed by atoms with Crippen molar-refractivity contribution in [1.29, 1.82) is 0 Å².